The van der Waals surface area contributed by atoms with Gasteiger partial charge in [0.1, 0.15) is 12.7 Å². The van der Waals surface area contributed by atoms with Gasteiger partial charge in [0.15, 0.2) is 0 Å². The van der Waals surface area contributed by atoms with E-state index in [1.54, 1.807) is 27.4 Å². The van der Waals surface area contributed by atoms with E-state index in [0.29, 0.717) is 30.4 Å². The summed E-state index contributed by atoms with van der Waals surface area (Å²) in [5, 5.41) is 4.12. The van der Waals surface area contributed by atoms with Crippen LogP contribution in [0.2, 0.25) is 0 Å². The van der Waals surface area contributed by atoms with Gasteiger partial charge in [-0.3, -0.25) is 4.68 Å². The van der Waals surface area contributed by atoms with Crippen molar-refractivity contribution in [3.63, 3.8) is 0 Å². The van der Waals surface area contributed by atoms with Gasteiger partial charge < -0.3 is 0 Å². The molecule has 0 N–H and O–H groups in total. The Hall–Kier alpha value is -1.73. The molecule has 7 heteroatoms. The Morgan fingerprint density at radius 3 is 2.88 bits per heavy atom. The maximum atomic E-state index is 13.0. The minimum Gasteiger partial charge on any atom is -0.253 e. The molecule has 2 heterocycles. The van der Waals surface area contributed by atoms with Crippen molar-refractivity contribution in [3.8, 4) is 0 Å². The molecule has 0 unspecified atom stereocenters. The van der Waals surface area contributed by atoms with Gasteiger partial charge in [-0.25, -0.2) is 13.4 Å². The molecule has 0 bridgehead atoms. The van der Waals surface area contributed by atoms with Crippen LogP contribution in [0.4, 0.5) is 0 Å². The van der Waals surface area contributed by atoms with Crippen molar-refractivity contribution in [2.45, 2.75) is 44.0 Å². The van der Waals surface area contributed by atoms with E-state index in [9.17, 15) is 8.42 Å². The van der Waals surface area contributed by atoms with Gasteiger partial charge in [0.25, 0.3) is 0 Å². The Morgan fingerprint density at radius 1 is 1.33 bits per heavy atom. The monoisotopic (exact) mass is 348 g/mol. The first kappa shape index (κ1) is 17.1. The van der Waals surface area contributed by atoms with Crippen LogP contribution in [0.15, 0.2) is 41.8 Å². The maximum absolute atomic E-state index is 13.0. The summed E-state index contributed by atoms with van der Waals surface area (Å²) in [6.07, 6.45) is 5.08. The Balaban J connectivity index is 1.77. The lowest BCUT2D eigenvalue weighted by Crippen LogP contribution is -2.41. The van der Waals surface area contributed by atoms with Crippen molar-refractivity contribution in [2.75, 3.05) is 13.1 Å². The molecule has 0 aliphatic carbocycles. The highest BCUT2D eigenvalue weighted by Crippen LogP contribution is 2.26. The first-order valence-electron chi connectivity index (χ1n) is 8.39. The second-order valence-electron chi connectivity index (χ2n) is 6.72. The number of aromatic nitrogens is 3. The van der Waals surface area contributed by atoms with Gasteiger partial charge in [0, 0.05) is 19.6 Å². The van der Waals surface area contributed by atoms with Crippen molar-refractivity contribution < 1.29 is 8.42 Å². The number of hydrogen-bond donors (Lipinski definition) is 0. The predicted octanol–water partition coefficient (Wildman–Crippen LogP) is 2.50. The molecule has 130 valence electrons. The fourth-order valence-corrected chi connectivity index (χ4v) is 4.78. The normalized spacial score (nSPS) is 19.7. The highest BCUT2D eigenvalue weighted by molar-refractivity contribution is 7.89. The van der Waals surface area contributed by atoms with Crippen LogP contribution < -0.4 is 0 Å². The summed E-state index contributed by atoms with van der Waals surface area (Å²) in [5.41, 5.74) is 1.05. The van der Waals surface area contributed by atoms with Crippen molar-refractivity contribution >= 4 is 10.0 Å². The fourth-order valence-electron chi connectivity index (χ4n) is 3.17. The molecule has 2 aromatic rings. The van der Waals surface area contributed by atoms with E-state index in [1.807, 2.05) is 12.1 Å². The molecule has 1 aromatic carbocycles. The molecule has 1 aliphatic rings. The number of rotatable bonds is 5. The van der Waals surface area contributed by atoms with E-state index >= 15 is 0 Å². The minimum absolute atomic E-state index is 0.267. The number of nitrogens with zero attached hydrogens (tertiary/aromatic N) is 4. The molecule has 3 rings (SSSR count). The Morgan fingerprint density at radius 2 is 2.17 bits per heavy atom. The Bertz CT molecular complexity index is 772. The number of hydrogen-bond acceptors (Lipinski definition) is 4. The lowest BCUT2D eigenvalue weighted by molar-refractivity contribution is 0.239. The second kappa shape index (κ2) is 7.03. The van der Waals surface area contributed by atoms with Gasteiger partial charge >= 0.3 is 0 Å². The molecule has 0 spiro atoms. The summed E-state index contributed by atoms with van der Waals surface area (Å²) in [6.45, 7) is 5.97. The molecule has 1 saturated heterocycles. The molecule has 0 radical (unpaired) electrons. The van der Waals surface area contributed by atoms with Crippen LogP contribution in [0.1, 0.15) is 38.2 Å². The summed E-state index contributed by atoms with van der Waals surface area (Å²) in [7, 11) is -3.44. The van der Waals surface area contributed by atoms with Crippen LogP contribution in [0.3, 0.4) is 0 Å². The highest BCUT2D eigenvalue weighted by atomic mass is 32.2. The SMILES string of the molecule is CC(C)c1cccc(S(=O)(=O)N2CCC[C@@H](Cn3cncn3)C2)c1. The third-order valence-electron chi connectivity index (χ3n) is 4.56. The average Bonchev–Trinajstić information content (AvgIpc) is 3.08. The lowest BCUT2D eigenvalue weighted by Gasteiger charge is -2.32. The third kappa shape index (κ3) is 3.67. The molecule has 1 fully saturated rings. The summed E-state index contributed by atoms with van der Waals surface area (Å²) in [4.78, 5) is 4.35. The predicted molar refractivity (Wildman–Crippen MR) is 92.0 cm³/mol. The molecular weight excluding hydrogens is 324 g/mol. The van der Waals surface area contributed by atoms with E-state index in [2.05, 4.69) is 23.9 Å². The summed E-state index contributed by atoms with van der Waals surface area (Å²) < 4.78 is 29.4. The number of piperidine rings is 1. The maximum Gasteiger partial charge on any atom is 0.243 e. The summed E-state index contributed by atoms with van der Waals surface area (Å²) in [6, 6.07) is 7.32. The second-order valence-corrected chi connectivity index (χ2v) is 8.65. The zero-order valence-electron chi connectivity index (χ0n) is 14.2. The average molecular weight is 348 g/mol. The van der Waals surface area contributed by atoms with Crippen molar-refractivity contribution in [2.24, 2.45) is 5.92 Å². The smallest absolute Gasteiger partial charge is 0.243 e. The molecule has 0 amide bonds. The van der Waals surface area contributed by atoms with Crippen molar-refractivity contribution in [1.29, 1.82) is 0 Å². The first-order chi connectivity index (χ1) is 11.5. The highest BCUT2D eigenvalue weighted by Gasteiger charge is 2.30. The lowest BCUT2D eigenvalue weighted by atomic mass is 10.00. The number of sulfonamides is 1. The van der Waals surface area contributed by atoms with Crippen LogP contribution in [0.25, 0.3) is 0 Å². The van der Waals surface area contributed by atoms with Crippen LogP contribution in [-0.4, -0.2) is 40.6 Å². The van der Waals surface area contributed by atoms with Gasteiger partial charge in [-0.1, -0.05) is 26.0 Å². The molecular formula is C17H24N4O2S. The Labute approximate surface area is 143 Å². The first-order valence-corrected chi connectivity index (χ1v) is 9.83. The molecule has 1 aliphatic heterocycles. The van der Waals surface area contributed by atoms with E-state index in [-0.39, 0.29) is 5.92 Å². The summed E-state index contributed by atoms with van der Waals surface area (Å²) in [5.74, 6) is 0.574. The van der Waals surface area contributed by atoms with Gasteiger partial charge in [0.2, 0.25) is 10.0 Å². The quantitative estimate of drug-likeness (QED) is 0.832. The zero-order valence-corrected chi connectivity index (χ0v) is 15.0. The molecule has 0 saturated carbocycles. The summed E-state index contributed by atoms with van der Waals surface area (Å²) >= 11 is 0. The molecule has 1 atom stereocenters. The van der Waals surface area contributed by atoms with E-state index in [4.69, 9.17) is 0 Å². The van der Waals surface area contributed by atoms with Crippen LogP contribution in [0, 0.1) is 5.92 Å². The van der Waals surface area contributed by atoms with Crippen LogP contribution in [-0.2, 0) is 16.6 Å². The van der Waals surface area contributed by atoms with Gasteiger partial charge in [-0.15, -0.1) is 0 Å². The number of benzene rings is 1. The van der Waals surface area contributed by atoms with Crippen molar-refractivity contribution in [1.82, 2.24) is 19.1 Å². The molecule has 24 heavy (non-hydrogen) atoms. The third-order valence-corrected chi connectivity index (χ3v) is 6.42. The van der Waals surface area contributed by atoms with Crippen LogP contribution in [0.5, 0.6) is 0 Å². The molecule has 6 nitrogen and oxygen atoms in total. The Kier molecular flexibility index (Phi) is 5.01. The molecule has 1 aromatic heterocycles. The van der Waals surface area contributed by atoms with Gasteiger partial charge in [-0.05, 0) is 42.4 Å². The standard InChI is InChI=1S/C17H24N4O2S/c1-14(2)16-6-3-7-17(9-16)24(22,23)21-8-4-5-15(11-21)10-20-13-18-12-19-20/h3,6-7,9,12-15H,4-5,8,10-11H2,1-2H3/t15-/m0/s1. The fraction of sp³-hybridized carbons (Fsp3) is 0.529. The topological polar surface area (TPSA) is 68.1 Å². The van der Waals surface area contributed by atoms with E-state index in [1.165, 1.54) is 6.33 Å². The minimum atomic E-state index is -3.44. The van der Waals surface area contributed by atoms with E-state index < -0.39 is 10.0 Å². The van der Waals surface area contributed by atoms with E-state index in [0.717, 1.165) is 18.4 Å². The van der Waals surface area contributed by atoms with Crippen LogP contribution >= 0.6 is 0 Å². The largest absolute Gasteiger partial charge is 0.253 e. The van der Waals surface area contributed by atoms with Gasteiger partial charge in [-0.2, -0.15) is 9.40 Å². The van der Waals surface area contributed by atoms with Gasteiger partial charge in [0.05, 0.1) is 4.90 Å². The zero-order chi connectivity index (χ0) is 17.2. The van der Waals surface area contributed by atoms with Crippen molar-refractivity contribution in [3.05, 3.63) is 42.5 Å².